The summed E-state index contributed by atoms with van der Waals surface area (Å²) in [5.74, 6) is -0.292. The zero-order chi connectivity index (χ0) is 14.7. The Bertz CT molecular complexity index is 462. The van der Waals surface area contributed by atoms with Gasteiger partial charge in [0.05, 0.1) is 18.8 Å². The SMILES string of the molecule is Cc1cc(N2CCCCCC2CO)c([C@@H](C)O)cc1F. The number of hydrogen-bond acceptors (Lipinski definition) is 3. The number of aliphatic hydroxyl groups is 2. The maximum Gasteiger partial charge on any atom is 0.126 e. The minimum absolute atomic E-state index is 0.0554. The summed E-state index contributed by atoms with van der Waals surface area (Å²) in [6, 6.07) is 3.28. The van der Waals surface area contributed by atoms with Crippen LogP contribution in [0.2, 0.25) is 0 Å². The lowest BCUT2D eigenvalue weighted by Gasteiger charge is -2.33. The Hall–Kier alpha value is -1.13. The summed E-state index contributed by atoms with van der Waals surface area (Å²) in [7, 11) is 0. The first kappa shape index (κ1) is 15.3. The molecule has 1 saturated heterocycles. The van der Waals surface area contributed by atoms with E-state index in [1.54, 1.807) is 19.9 Å². The molecule has 3 nitrogen and oxygen atoms in total. The first-order chi connectivity index (χ1) is 9.54. The highest BCUT2D eigenvalue weighted by molar-refractivity contribution is 5.57. The predicted molar refractivity (Wildman–Crippen MR) is 78.5 cm³/mol. The zero-order valence-electron chi connectivity index (χ0n) is 12.3. The summed E-state index contributed by atoms with van der Waals surface area (Å²) < 4.78 is 13.8. The van der Waals surface area contributed by atoms with Gasteiger partial charge in [0, 0.05) is 17.8 Å². The molecule has 1 unspecified atom stereocenters. The Morgan fingerprint density at radius 2 is 2.10 bits per heavy atom. The molecule has 1 aromatic carbocycles. The summed E-state index contributed by atoms with van der Waals surface area (Å²) in [6.07, 6.45) is 3.53. The molecule has 1 aliphatic heterocycles. The van der Waals surface area contributed by atoms with Gasteiger partial charge in [-0.1, -0.05) is 12.8 Å². The Balaban J connectivity index is 2.45. The number of hydrogen-bond donors (Lipinski definition) is 2. The van der Waals surface area contributed by atoms with Crippen molar-refractivity contribution in [1.82, 2.24) is 0 Å². The molecule has 1 aromatic rings. The quantitative estimate of drug-likeness (QED) is 0.895. The first-order valence-corrected chi connectivity index (χ1v) is 7.40. The topological polar surface area (TPSA) is 43.7 Å². The number of aryl methyl sites for hydroxylation is 1. The van der Waals surface area contributed by atoms with Crippen LogP contribution >= 0.6 is 0 Å². The van der Waals surface area contributed by atoms with Crippen molar-refractivity contribution in [3.8, 4) is 0 Å². The normalized spacial score (nSPS) is 21.6. The first-order valence-electron chi connectivity index (χ1n) is 7.40. The van der Waals surface area contributed by atoms with Crippen molar-refractivity contribution in [3.63, 3.8) is 0 Å². The molecule has 0 saturated carbocycles. The highest BCUT2D eigenvalue weighted by Crippen LogP contribution is 2.33. The van der Waals surface area contributed by atoms with Gasteiger partial charge in [0.25, 0.3) is 0 Å². The van der Waals surface area contributed by atoms with Crippen LogP contribution in [0.1, 0.15) is 49.8 Å². The van der Waals surface area contributed by atoms with Crippen LogP contribution in [-0.4, -0.2) is 29.4 Å². The van der Waals surface area contributed by atoms with E-state index in [1.165, 1.54) is 6.07 Å². The Labute approximate surface area is 120 Å². The molecule has 0 spiro atoms. The van der Waals surface area contributed by atoms with Gasteiger partial charge in [-0.15, -0.1) is 0 Å². The molecule has 2 N–H and O–H groups in total. The van der Waals surface area contributed by atoms with E-state index < -0.39 is 6.10 Å². The third-order valence-electron chi connectivity index (χ3n) is 4.16. The minimum atomic E-state index is -0.720. The summed E-state index contributed by atoms with van der Waals surface area (Å²) in [4.78, 5) is 2.14. The highest BCUT2D eigenvalue weighted by Gasteiger charge is 2.24. The van der Waals surface area contributed by atoms with Gasteiger partial charge in [0.1, 0.15) is 5.82 Å². The number of aliphatic hydroxyl groups excluding tert-OH is 2. The molecule has 20 heavy (non-hydrogen) atoms. The van der Waals surface area contributed by atoms with E-state index >= 15 is 0 Å². The van der Waals surface area contributed by atoms with Crippen LogP contribution in [0.5, 0.6) is 0 Å². The van der Waals surface area contributed by atoms with Crippen molar-refractivity contribution in [1.29, 1.82) is 0 Å². The van der Waals surface area contributed by atoms with Crippen molar-refractivity contribution in [2.45, 2.75) is 51.7 Å². The molecule has 1 aliphatic rings. The van der Waals surface area contributed by atoms with Gasteiger partial charge in [-0.3, -0.25) is 0 Å². The molecular formula is C16H24FNO2. The lowest BCUT2D eigenvalue weighted by atomic mass is 10.0. The fraction of sp³-hybridized carbons (Fsp3) is 0.625. The van der Waals surface area contributed by atoms with E-state index in [0.717, 1.165) is 37.9 Å². The van der Waals surface area contributed by atoms with Crippen LogP contribution in [0.4, 0.5) is 10.1 Å². The second-order valence-corrected chi connectivity index (χ2v) is 5.72. The number of halogens is 1. The molecule has 0 bridgehead atoms. The lowest BCUT2D eigenvalue weighted by Crippen LogP contribution is -2.38. The molecule has 4 heteroatoms. The maximum atomic E-state index is 13.8. The fourth-order valence-electron chi connectivity index (χ4n) is 2.95. The van der Waals surface area contributed by atoms with Crippen molar-refractivity contribution < 1.29 is 14.6 Å². The van der Waals surface area contributed by atoms with Gasteiger partial charge in [-0.05, 0) is 44.4 Å². The van der Waals surface area contributed by atoms with E-state index in [2.05, 4.69) is 4.90 Å². The average Bonchev–Trinajstić information content (AvgIpc) is 2.66. The molecule has 112 valence electrons. The van der Waals surface area contributed by atoms with Gasteiger partial charge in [-0.25, -0.2) is 4.39 Å². The second-order valence-electron chi connectivity index (χ2n) is 5.72. The molecule has 0 aromatic heterocycles. The monoisotopic (exact) mass is 281 g/mol. The smallest absolute Gasteiger partial charge is 0.126 e. The molecular weight excluding hydrogens is 257 g/mol. The maximum absolute atomic E-state index is 13.8. The molecule has 2 atom stereocenters. The molecule has 0 amide bonds. The number of anilines is 1. The number of rotatable bonds is 3. The average molecular weight is 281 g/mol. The largest absolute Gasteiger partial charge is 0.394 e. The molecule has 0 radical (unpaired) electrons. The van der Waals surface area contributed by atoms with Crippen molar-refractivity contribution in [2.24, 2.45) is 0 Å². The molecule has 2 rings (SSSR count). The molecule has 1 fully saturated rings. The van der Waals surface area contributed by atoms with E-state index in [9.17, 15) is 14.6 Å². The van der Waals surface area contributed by atoms with Crippen molar-refractivity contribution >= 4 is 5.69 Å². The van der Waals surface area contributed by atoms with Gasteiger partial charge in [0.2, 0.25) is 0 Å². The summed E-state index contributed by atoms with van der Waals surface area (Å²) in [5.41, 5.74) is 2.04. The minimum Gasteiger partial charge on any atom is -0.394 e. The van der Waals surface area contributed by atoms with Crippen molar-refractivity contribution in [2.75, 3.05) is 18.1 Å². The van der Waals surface area contributed by atoms with Crippen LogP contribution in [0, 0.1) is 12.7 Å². The van der Waals surface area contributed by atoms with Crippen LogP contribution in [0.25, 0.3) is 0 Å². The second kappa shape index (κ2) is 6.55. The Morgan fingerprint density at radius 3 is 2.75 bits per heavy atom. The van der Waals surface area contributed by atoms with E-state index in [4.69, 9.17) is 0 Å². The molecule has 0 aliphatic carbocycles. The van der Waals surface area contributed by atoms with Gasteiger partial charge >= 0.3 is 0 Å². The number of nitrogens with zero attached hydrogens (tertiary/aromatic N) is 1. The van der Waals surface area contributed by atoms with Gasteiger partial charge < -0.3 is 15.1 Å². The van der Waals surface area contributed by atoms with E-state index in [1.807, 2.05) is 0 Å². The summed E-state index contributed by atoms with van der Waals surface area (Å²) >= 11 is 0. The van der Waals surface area contributed by atoms with Gasteiger partial charge in [0.15, 0.2) is 0 Å². The zero-order valence-corrected chi connectivity index (χ0v) is 12.3. The van der Waals surface area contributed by atoms with E-state index in [-0.39, 0.29) is 18.5 Å². The highest BCUT2D eigenvalue weighted by atomic mass is 19.1. The van der Waals surface area contributed by atoms with Crippen LogP contribution in [0.15, 0.2) is 12.1 Å². The third kappa shape index (κ3) is 3.13. The standard InChI is InChI=1S/C16H24FNO2/c1-11-8-16(14(12(2)20)9-15(11)17)18-7-5-3-4-6-13(18)10-19/h8-9,12-13,19-20H,3-7,10H2,1-2H3/t12-,13?/m1/s1. The van der Waals surface area contributed by atoms with Gasteiger partial charge in [-0.2, -0.15) is 0 Å². The predicted octanol–water partition coefficient (Wildman–Crippen LogP) is 2.93. The third-order valence-corrected chi connectivity index (χ3v) is 4.16. The Morgan fingerprint density at radius 1 is 1.35 bits per heavy atom. The van der Waals surface area contributed by atoms with Crippen molar-refractivity contribution in [3.05, 3.63) is 29.1 Å². The van der Waals surface area contributed by atoms with Crippen LogP contribution in [-0.2, 0) is 0 Å². The van der Waals surface area contributed by atoms with E-state index in [0.29, 0.717) is 11.1 Å². The fourth-order valence-corrected chi connectivity index (χ4v) is 2.95. The number of benzene rings is 1. The summed E-state index contributed by atoms with van der Waals surface area (Å²) in [5, 5.41) is 19.5. The molecule has 1 heterocycles. The lowest BCUT2D eigenvalue weighted by molar-refractivity contribution is 0.198. The van der Waals surface area contributed by atoms with Crippen LogP contribution in [0.3, 0.4) is 0 Å². The Kier molecular flexibility index (Phi) is 5.00. The summed E-state index contributed by atoms with van der Waals surface area (Å²) in [6.45, 7) is 4.32. The van der Waals surface area contributed by atoms with Crippen LogP contribution < -0.4 is 4.90 Å².